The first-order valence-electron chi connectivity index (χ1n) is 12.8. The summed E-state index contributed by atoms with van der Waals surface area (Å²) in [4.78, 5) is 66.6. The number of anilines is 1. The Kier molecular flexibility index (Phi) is 8.69. The lowest BCUT2D eigenvalue weighted by molar-refractivity contribution is -0.123. The molecular formula is C26H32N8O5. The lowest BCUT2D eigenvalue weighted by atomic mass is 10.1. The number of pyridine rings is 1. The Morgan fingerprint density at radius 2 is 2.08 bits per heavy atom. The molecule has 0 spiro atoms. The number of aryl methyl sites for hydroxylation is 1. The summed E-state index contributed by atoms with van der Waals surface area (Å²) in [6.07, 6.45) is 9.42. The van der Waals surface area contributed by atoms with Crippen molar-refractivity contribution in [1.29, 1.82) is 0 Å². The van der Waals surface area contributed by atoms with E-state index in [1.807, 2.05) is 0 Å². The number of carbonyl (C=O) groups is 3. The van der Waals surface area contributed by atoms with Gasteiger partial charge in [0, 0.05) is 20.3 Å². The van der Waals surface area contributed by atoms with Crippen molar-refractivity contribution in [2.24, 2.45) is 5.92 Å². The largest absolute Gasteiger partial charge is 0.465 e. The van der Waals surface area contributed by atoms with E-state index in [2.05, 4.69) is 30.6 Å². The molecule has 39 heavy (non-hydrogen) atoms. The number of likely N-dealkylation sites (N-methyl/N-ethyl adjacent to an activating group) is 1. The van der Waals surface area contributed by atoms with Gasteiger partial charge in [-0.25, -0.2) is 19.7 Å². The number of hydrogen-bond donors (Lipinski definition) is 4. The molecule has 0 aliphatic heterocycles. The van der Waals surface area contributed by atoms with Gasteiger partial charge in [-0.1, -0.05) is 18.9 Å². The molecule has 4 rings (SSSR count). The molecule has 1 saturated carbocycles. The van der Waals surface area contributed by atoms with Crippen molar-refractivity contribution in [2.45, 2.75) is 51.1 Å². The zero-order valence-electron chi connectivity index (χ0n) is 21.9. The van der Waals surface area contributed by atoms with Crippen LogP contribution in [0.15, 0.2) is 41.6 Å². The van der Waals surface area contributed by atoms with Gasteiger partial charge in [-0.15, -0.1) is 0 Å². The van der Waals surface area contributed by atoms with E-state index in [9.17, 15) is 19.2 Å². The van der Waals surface area contributed by atoms with Gasteiger partial charge in [-0.3, -0.25) is 14.4 Å². The molecule has 3 heterocycles. The van der Waals surface area contributed by atoms with Crippen molar-refractivity contribution >= 4 is 34.8 Å². The van der Waals surface area contributed by atoms with E-state index in [1.54, 1.807) is 32.4 Å². The monoisotopic (exact) mass is 536 g/mol. The van der Waals surface area contributed by atoms with Crippen molar-refractivity contribution in [3.8, 4) is 0 Å². The van der Waals surface area contributed by atoms with Gasteiger partial charge in [0.05, 0.1) is 12.2 Å². The van der Waals surface area contributed by atoms with E-state index in [1.165, 1.54) is 40.8 Å². The SMILES string of the molecule is CN(C)C(=O)/C=C/CC[C@H](NC(=O)O)C(=O)Nc1cccn(Cc2nc3ncnc(CCC4CC4)c3[nH]2)c1=O. The summed E-state index contributed by atoms with van der Waals surface area (Å²) >= 11 is 0. The molecule has 1 aliphatic carbocycles. The molecule has 1 fully saturated rings. The first-order chi connectivity index (χ1) is 18.7. The molecule has 13 nitrogen and oxygen atoms in total. The highest BCUT2D eigenvalue weighted by molar-refractivity contribution is 5.96. The first kappa shape index (κ1) is 27.5. The van der Waals surface area contributed by atoms with E-state index >= 15 is 0 Å². The second-order valence-corrected chi connectivity index (χ2v) is 9.74. The Labute approximate surface area is 224 Å². The van der Waals surface area contributed by atoms with E-state index in [-0.39, 0.29) is 31.0 Å². The van der Waals surface area contributed by atoms with E-state index < -0.39 is 23.6 Å². The molecule has 0 radical (unpaired) electrons. The third-order valence-corrected chi connectivity index (χ3v) is 6.44. The Morgan fingerprint density at radius 1 is 1.28 bits per heavy atom. The van der Waals surface area contributed by atoms with E-state index in [0.29, 0.717) is 11.5 Å². The number of aromatic nitrogens is 5. The topological polar surface area (TPSA) is 175 Å². The summed E-state index contributed by atoms with van der Waals surface area (Å²) in [6, 6.07) is 1.93. The van der Waals surface area contributed by atoms with Crippen LogP contribution in [0.2, 0.25) is 0 Å². The van der Waals surface area contributed by atoms with Crippen LogP contribution < -0.4 is 16.2 Å². The molecule has 0 bridgehead atoms. The predicted octanol–water partition coefficient (Wildman–Crippen LogP) is 1.90. The number of fused-ring (bicyclic) bond motifs is 1. The Balaban J connectivity index is 1.44. The zero-order valence-corrected chi connectivity index (χ0v) is 21.9. The fourth-order valence-electron chi connectivity index (χ4n) is 4.09. The Bertz CT molecular complexity index is 1440. The predicted molar refractivity (Wildman–Crippen MR) is 143 cm³/mol. The fourth-order valence-corrected chi connectivity index (χ4v) is 4.09. The molecule has 13 heteroatoms. The number of carboxylic acid groups (broad SMARTS) is 1. The molecule has 1 atom stereocenters. The second kappa shape index (κ2) is 12.3. The van der Waals surface area contributed by atoms with Crippen LogP contribution >= 0.6 is 0 Å². The average molecular weight is 537 g/mol. The third-order valence-electron chi connectivity index (χ3n) is 6.44. The summed E-state index contributed by atoms with van der Waals surface area (Å²) in [5.41, 5.74) is 1.72. The molecule has 3 amide bonds. The van der Waals surface area contributed by atoms with Gasteiger partial charge < -0.3 is 30.2 Å². The average Bonchev–Trinajstić information content (AvgIpc) is 3.63. The molecule has 0 unspecified atom stereocenters. The molecule has 3 aromatic rings. The van der Waals surface area contributed by atoms with Crippen LogP contribution in [0.3, 0.4) is 0 Å². The van der Waals surface area contributed by atoms with Crippen LogP contribution in [0.25, 0.3) is 11.2 Å². The number of carbonyl (C=O) groups excluding carboxylic acids is 2. The minimum Gasteiger partial charge on any atom is -0.465 e. The standard InChI is InChI=1S/C26H32N8O5/c1-33(2)21(35)8-4-3-6-18(30-26(38)39)24(36)29-19-7-5-13-34(25(19)37)14-20-31-22-17(12-11-16-9-10-16)27-15-28-23(22)32-20/h4-5,7-8,13,15-16,18,30H,3,6,9-12,14H2,1-2H3,(H,29,36)(H,38,39)(H,27,28,31,32)/b8-4+/t18-/m0/s1. The molecule has 206 valence electrons. The van der Waals surface area contributed by atoms with Gasteiger partial charge in [-0.05, 0) is 49.8 Å². The first-order valence-corrected chi connectivity index (χ1v) is 12.8. The molecule has 0 aromatic carbocycles. The fraction of sp³-hybridized carbons (Fsp3) is 0.423. The second-order valence-electron chi connectivity index (χ2n) is 9.74. The van der Waals surface area contributed by atoms with Crippen LogP contribution in [0.1, 0.15) is 43.6 Å². The maximum Gasteiger partial charge on any atom is 0.405 e. The Hall–Kier alpha value is -4.55. The summed E-state index contributed by atoms with van der Waals surface area (Å²) in [5, 5.41) is 13.9. The van der Waals surface area contributed by atoms with Crippen LogP contribution in [0, 0.1) is 5.92 Å². The summed E-state index contributed by atoms with van der Waals surface area (Å²) in [7, 11) is 3.22. The van der Waals surface area contributed by atoms with Crippen LogP contribution in [0.4, 0.5) is 10.5 Å². The van der Waals surface area contributed by atoms with Crippen molar-refractivity contribution in [3.05, 3.63) is 58.7 Å². The molecule has 0 saturated heterocycles. The van der Waals surface area contributed by atoms with Crippen LogP contribution in [-0.4, -0.2) is 72.6 Å². The number of H-pyrrole nitrogens is 1. The summed E-state index contributed by atoms with van der Waals surface area (Å²) < 4.78 is 1.39. The van der Waals surface area contributed by atoms with Crippen molar-refractivity contribution in [1.82, 2.24) is 34.7 Å². The van der Waals surface area contributed by atoms with Crippen molar-refractivity contribution in [3.63, 3.8) is 0 Å². The van der Waals surface area contributed by atoms with Crippen molar-refractivity contribution < 1.29 is 19.5 Å². The number of hydrogen-bond acceptors (Lipinski definition) is 7. The summed E-state index contributed by atoms with van der Waals surface area (Å²) in [6.45, 7) is 0.114. The van der Waals surface area contributed by atoms with Gasteiger partial charge in [-0.2, -0.15) is 0 Å². The Morgan fingerprint density at radius 3 is 2.79 bits per heavy atom. The number of imidazole rings is 1. The minimum absolute atomic E-state index is 0.000887. The zero-order chi connectivity index (χ0) is 27.9. The molecular weight excluding hydrogens is 504 g/mol. The van der Waals surface area contributed by atoms with Gasteiger partial charge in [0.25, 0.3) is 5.56 Å². The molecule has 4 N–H and O–H groups in total. The maximum absolute atomic E-state index is 13.1. The number of nitrogens with one attached hydrogen (secondary N) is 3. The number of amides is 3. The number of nitrogens with zero attached hydrogens (tertiary/aromatic N) is 5. The third kappa shape index (κ3) is 7.49. The van der Waals surface area contributed by atoms with Crippen molar-refractivity contribution in [2.75, 3.05) is 19.4 Å². The lowest BCUT2D eigenvalue weighted by Crippen LogP contribution is -2.44. The normalized spacial score (nSPS) is 13.9. The quantitative estimate of drug-likeness (QED) is 0.254. The van der Waals surface area contributed by atoms with Crippen LogP contribution in [0.5, 0.6) is 0 Å². The minimum atomic E-state index is -1.38. The lowest BCUT2D eigenvalue weighted by Gasteiger charge is -2.16. The van der Waals surface area contributed by atoms with Crippen LogP contribution in [-0.2, 0) is 22.6 Å². The molecule has 1 aliphatic rings. The smallest absolute Gasteiger partial charge is 0.405 e. The van der Waals surface area contributed by atoms with E-state index in [4.69, 9.17) is 5.11 Å². The molecule has 3 aromatic heterocycles. The number of aromatic amines is 1. The van der Waals surface area contributed by atoms with Gasteiger partial charge in [0.2, 0.25) is 11.8 Å². The highest BCUT2D eigenvalue weighted by atomic mass is 16.4. The highest BCUT2D eigenvalue weighted by Gasteiger charge is 2.23. The van der Waals surface area contributed by atoms with Gasteiger partial charge >= 0.3 is 6.09 Å². The van der Waals surface area contributed by atoms with Gasteiger partial charge in [0.1, 0.15) is 29.4 Å². The maximum atomic E-state index is 13.1. The highest BCUT2D eigenvalue weighted by Crippen LogP contribution is 2.33. The number of rotatable bonds is 12. The van der Waals surface area contributed by atoms with Gasteiger partial charge in [0.15, 0.2) is 5.65 Å². The summed E-state index contributed by atoms with van der Waals surface area (Å²) in [5.74, 6) is 0.383. The number of allylic oxidation sites excluding steroid dienone is 1. The van der Waals surface area contributed by atoms with E-state index in [0.717, 1.165) is 30.0 Å².